The van der Waals surface area contributed by atoms with E-state index in [1.165, 1.54) is 61.9 Å². The first-order valence-corrected chi connectivity index (χ1v) is 8.68. The molecule has 1 aromatic rings. The molecule has 3 rings (SSSR count). The molecule has 0 amide bonds. The van der Waals surface area contributed by atoms with Gasteiger partial charge in [-0.15, -0.1) is 0 Å². The fraction of sp³-hybridized carbons (Fsp3) is 0.684. The van der Waals surface area contributed by atoms with Gasteiger partial charge in [0.25, 0.3) is 0 Å². The second-order valence-electron chi connectivity index (χ2n) is 7.35. The molecule has 1 N–H and O–H groups in total. The van der Waals surface area contributed by atoms with Gasteiger partial charge in [-0.3, -0.25) is 0 Å². The van der Waals surface area contributed by atoms with Crippen LogP contribution in [0.15, 0.2) is 18.2 Å². The Morgan fingerprint density at radius 3 is 2.52 bits per heavy atom. The van der Waals surface area contributed by atoms with Gasteiger partial charge in [0.15, 0.2) is 0 Å². The van der Waals surface area contributed by atoms with Gasteiger partial charge < -0.3 is 10.2 Å². The lowest BCUT2D eigenvalue weighted by Crippen LogP contribution is -2.34. The summed E-state index contributed by atoms with van der Waals surface area (Å²) < 4.78 is 0. The molecule has 0 radical (unpaired) electrons. The predicted octanol–water partition coefficient (Wildman–Crippen LogP) is 4.83. The molecule has 0 bridgehead atoms. The fourth-order valence-corrected chi connectivity index (χ4v) is 4.42. The minimum absolute atomic E-state index is 0.682. The molecule has 21 heavy (non-hydrogen) atoms. The number of nitrogens with one attached hydrogen (secondary N) is 1. The first-order valence-electron chi connectivity index (χ1n) is 8.68. The van der Waals surface area contributed by atoms with Crippen LogP contribution in [-0.2, 0) is 0 Å². The van der Waals surface area contributed by atoms with Crippen LogP contribution < -0.4 is 10.2 Å². The second kappa shape index (κ2) is 6.29. The summed E-state index contributed by atoms with van der Waals surface area (Å²) in [4.78, 5) is 2.21. The summed E-state index contributed by atoms with van der Waals surface area (Å²) in [5.41, 5.74) is 3.97. The second-order valence-corrected chi connectivity index (χ2v) is 7.35. The lowest BCUT2D eigenvalue weighted by atomic mass is 9.69. The Balaban J connectivity index is 1.65. The number of hydrogen-bond acceptors (Lipinski definition) is 2. The molecule has 3 unspecified atom stereocenters. The standard InChI is InChI=1S/C19H30N2/c1-14-8-10-18(13-19(14)21(2)3)20-17-11-9-15-6-4-5-7-16(15)12-17/h8,10,13,15-17,20H,4-7,9,11-12H2,1-3H3. The van der Waals surface area contributed by atoms with Crippen LogP contribution in [0.25, 0.3) is 0 Å². The summed E-state index contributed by atoms with van der Waals surface area (Å²) in [5.74, 6) is 2.02. The minimum atomic E-state index is 0.682. The third-order valence-corrected chi connectivity index (χ3v) is 5.60. The molecular formula is C19H30N2. The van der Waals surface area contributed by atoms with Gasteiger partial charge in [0.1, 0.15) is 0 Å². The SMILES string of the molecule is Cc1ccc(NC2CCC3CCCCC3C2)cc1N(C)C. The van der Waals surface area contributed by atoms with Crippen molar-refractivity contribution in [3.05, 3.63) is 23.8 Å². The Morgan fingerprint density at radius 2 is 1.76 bits per heavy atom. The van der Waals surface area contributed by atoms with E-state index in [2.05, 4.69) is 49.4 Å². The average molecular weight is 286 g/mol. The van der Waals surface area contributed by atoms with Crippen LogP contribution in [-0.4, -0.2) is 20.1 Å². The maximum Gasteiger partial charge on any atom is 0.0411 e. The van der Waals surface area contributed by atoms with Crippen LogP contribution in [0, 0.1) is 18.8 Å². The molecule has 2 saturated carbocycles. The smallest absolute Gasteiger partial charge is 0.0411 e. The van der Waals surface area contributed by atoms with E-state index in [1.54, 1.807) is 0 Å². The van der Waals surface area contributed by atoms with Gasteiger partial charge in [-0.05, 0) is 55.7 Å². The molecular weight excluding hydrogens is 256 g/mol. The maximum atomic E-state index is 3.81. The van der Waals surface area contributed by atoms with Gasteiger partial charge in [0, 0.05) is 31.5 Å². The van der Waals surface area contributed by atoms with E-state index < -0.39 is 0 Å². The van der Waals surface area contributed by atoms with Crippen molar-refractivity contribution in [3.8, 4) is 0 Å². The molecule has 2 nitrogen and oxygen atoms in total. The molecule has 2 fully saturated rings. The van der Waals surface area contributed by atoms with E-state index in [9.17, 15) is 0 Å². The van der Waals surface area contributed by atoms with Crippen molar-refractivity contribution in [2.75, 3.05) is 24.3 Å². The lowest BCUT2D eigenvalue weighted by molar-refractivity contribution is 0.162. The van der Waals surface area contributed by atoms with Gasteiger partial charge in [0.2, 0.25) is 0 Å². The molecule has 2 aliphatic rings. The molecule has 1 aromatic carbocycles. The normalized spacial score (nSPS) is 28.8. The van der Waals surface area contributed by atoms with Crippen LogP contribution in [0.2, 0.25) is 0 Å². The summed E-state index contributed by atoms with van der Waals surface area (Å²) >= 11 is 0. The first kappa shape index (κ1) is 14.7. The Labute approximate surface area is 129 Å². The monoisotopic (exact) mass is 286 g/mol. The van der Waals surface area contributed by atoms with Crippen LogP contribution in [0.4, 0.5) is 11.4 Å². The molecule has 0 aliphatic heterocycles. The Hall–Kier alpha value is -1.18. The summed E-state index contributed by atoms with van der Waals surface area (Å²) in [5, 5.41) is 3.81. The Bertz CT molecular complexity index is 480. The molecule has 116 valence electrons. The number of rotatable bonds is 3. The summed E-state index contributed by atoms with van der Waals surface area (Å²) in [6.45, 7) is 2.19. The van der Waals surface area contributed by atoms with Crippen LogP contribution in [0.1, 0.15) is 50.5 Å². The summed E-state index contributed by atoms with van der Waals surface area (Å²) in [7, 11) is 4.25. The summed E-state index contributed by atoms with van der Waals surface area (Å²) in [6.07, 6.45) is 10.1. The van der Waals surface area contributed by atoms with E-state index in [-0.39, 0.29) is 0 Å². The first-order chi connectivity index (χ1) is 10.1. The number of anilines is 2. The van der Waals surface area contributed by atoms with E-state index in [1.807, 2.05) is 0 Å². The quantitative estimate of drug-likeness (QED) is 0.856. The van der Waals surface area contributed by atoms with Crippen molar-refractivity contribution >= 4 is 11.4 Å². The highest BCUT2D eigenvalue weighted by Crippen LogP contribution is 2.41. The number of benzene rings is 1. The lowest BCUT2D eigenvalue weighted by Gasteiger charge is -2.40. The van der Waals surface area contributed by atoms with Crippen molar-refractivity contribution in [3.63, 3.8) is 0 Å². The number of nitrogens with zero attached hydrogens (tertiary/aromatic N) is 1. The molecule has 0 spiro atoms. The average Bonchev–Trinajstić information content (AvgIpc) is 2.49. The van der Waals surface area contributed by atoms with Gasteiger partial charge in [-0.25, -0.2) is 0 Å². The van der Waals surface area contributed by atoms with Crippen molar-refractivity contribution in [2.24, 2.45) is 11.8 Å². The highest BCUT2D eigenvalue weighted by Gasteiger charge is 2.32. The predicted molar refractivity (Wildman–Crippen MR) is 92.2 cm³/mol. The molecule has 2 heteroatoms. The van der Waals surface area contributed by atoms with Crippen molar-refractivity contribution < 1.29 is 0 Å². The van der Waals surface area contributed by atoms with E-state index in [4.69, 9.17) is 0 Å². The number of aryl methyl sites for hydroxylation is 1. The van der Waals surface area contributed by atoms with Gasteiger partial charge in [-0.2, -0.15) is 0 Å². The minimum Gasteiger partial charge on any atom is -0.382 e. The number of fused-ring (bicyclic) bond motifs is 1. The third-order valence-electron chi connectivity index (χ3n) is 5.60. The molecule has 2 aliphatic carbocycles. The largest absolute Gasteiger partial charge is 0.382 e. The van der Waals surface area contributed by atoms with E-state index >= 15 is 0 Å². The maximum absolute atomic E-state index is 3.81. The zero-order valence-electron chi connectivity index (χ0n) is 13.9. The molecule has 0 heterocycles. The highest BCUT2D eigenvalue weighted by molar-refractivity contribution is 5.62. The topological polar surface area (TPSA) is 15.3 Å². The third kappa shape index (κ3) is 3.36. The van der Waals surface area contributed by atoms with Crippen molar-refractivity contribution in [2.45, 2.75) is 57.9 Å². The van der Waals surface area contributed by atoms with Gasteiger partial charge in [0.05, 0.1) is 0 Å². The van der Waals surface area contributed by atoms with Crippen molar-refractivity contribution in [1.29, 1.82) is 0 Å². The molecule has 0 aromatic heterocycles. The van der Waals surface area contributed by atoms with E-state index in [0.717, 1.165) is 11.8 Å². The van der Waals surface area contributed by atoms with Gasteiger partial charge in [-0.1, -0.05) is 31.7 Å². The Kier molecular flexibility index (Phi) is 4.42. The van der Waals surface area contributed by atoms with E-state index in [0.29, 0.717) is 6.04 Å². The zero-order chi connectivity index (χ0) is 14.8. The van der Waals surface area contributed by atoms with Crippen LogP contribution in [0.5, 0.6) is 0 Å². The molecule has 0 saturated heterocycles. The number of hydrogen-bond donors (Lipinski definition) is 1. The van der Waals surface area contributed by atoms with Gasteiger partial charge >= 0.3 is 0 Å². The van der Waals surface area contributed by atoms with Crippen LogP contribution >= 0.6 is 0 Å². The fourth-order valence-electron chi connectivity index (χ4n) is 4.42. The molecule has 3 atom stereocenters. The Morgan fingerprint density at radius 1 is 1.00 bits per heavy atom. The van der Waals surface area contributed by atoms with Crippen LogP contribution in [0.3, 0.4) is 0 Å². The highest BCUT2D eigenvalue weighted by atomic mass is 15.1. The summed E-state index contributed by atoms with van der Waals surface area (Å²) in [6, 6.07) is 7.48. The zero-order valence-corrected chi connectivity index (χ0v) is 13.9. The van der Waals surface area contributed by atoms with Crippen molar-refractivity contribution in [1.82, 2.24) is 0 Å².